The lowest BCUT2D eigenvalue weighted by Gasteiger charge is -2.20. The van der Waals surface area contributed by atoms with Crippen LogP contribution in [-0.2, 0) is 14.4 Å². The summed E-state index contributed by atoms with van der Waals surface area (Å²) in [7, 11) is 0. The van der Waals surface area contributed by atoms with Gasteiger partial charge in [-0.3, -0.25) is 14.4 Å². The van der Waals surface area contributed by atoms with E-state index in [0.29, 0.717) is 6.54 Å². The molecule has 0 aromatic rings. The summed E-state index contributed by atoms with van der Waals surface area (Å²) in [4.78, 5) is 34.2. The van der Waals surface area contributed by atoms with Crippen LogP contribution in [0.5, 0.6) is 0 Å². The molecule has 0 saturated heterocycles. The van der Waals surface area contributed by atoms with Gasteiger partial charge in [0.05, 0.1) is 5.54 Å². The minimum atomic E-state index is -0.747. The topological polar surface area (TPSA) is 127 Å². The lowest BCUT2D eigenvalue weighted by atomic mass is 10.1. The number of hydrogen-bond donors (Lipinski definition) is 4. The molecule has 0 heterocycles. The van der Waals surface area contributed by atoms with E-state index in [0.717, 1.165) is 18.4 Å². The highest BCUT2D eigenvalue weighted by atomic mass is 16.2. The third-order valence-corrected chi connectivity index (χ3v) is 3.46. The zero-order chi connectivity index (χ0) is 16.0. The van der Waals surface area contributed by atoms with E-state index in [4.69, 9.17) is 11.5 Å². The summed E-state index contributed by atoms with van der Waals surface area (Å²) < 4.78 is 0. The van der Waals surface area contributed by atoms with Gasteiger partial charge in [-0.1, -0.05) is 6.08 Å². The van der Waals surface area contributed by atoms with Crippen molar-refractivity contribution < 1.29 is 14.4 Å². The zero-order valence-corrected chi connectivity index (χ0v) is 12.6. The van der Waals surface area contributed by atoms with Gasteiger partial charge in [-0.2, -0.15) is 0 Å². The molecule has 21 heavy (non-hydrogen) atoms. The Morgan fingerprint density at radius 2 is 2.10 bits per heavy atom. The van der Waals surface area contributed by atoms with Crippen molar-refractivity contribution in [2.24, 2.45) is 11.5 Å². The third-order valence-electron chi connectivity index (χ3n) is 3.46. The molecule has 3 amide bonds. The van der Waals surface area contributed by atoms with Crippen LogP contribution in [0.2, 0.25) is 0 Å². The lowest BCUT2D eigenvalue weighted by molar-refractivity contribution is -0.129. The fraction of sp³-hybridized carbons (Fsp3) is 0.643. The van der Waals surface area contributed by atoms with Gasteiger partial charge in [-0.25, -0.2) is 0 Å². The van der Waals surface area contributed by atoms with Crippen LogP contribution in [-0.4, -0.2) is 35.8 Å². The molecule has 2 atom stereocenters. The van der Waals surface area contributed by atoms with E-state index in [1.807, 2.05) is 13.0 Å². The van der Waals surface area contributed by atoms with Crippen molar-refractivity contribution in [2.75, 3.05) is 6.54 Å². The van der Waals surface area contributed by atoms with Gasteiger partial charge >= 0.3 is 0 Å². The second kappa shape index (κ2) is 7.21. The maximum Gasteiger partial charge on any atom is 0.243 e. The van der Waals surface area contributed by atoms with Gasteiger partial charge in [0, 0.05) is 13.3 Å². The smallest absolute Gasteiger partial charge is 0.243 e. The molecule has 0 spiro atoms. The van der Waals surface area contributed by atoms with Gasteiger partial charge in [-0.15, -0.1) is 0 Å². The van der Waals surface area contributed by atoms with Gasteiger partial charge in [0.15, 0.2) is 0 Å². The highest BCUT2D eigenvalue weighted by Crippen LogP contribution is 2.42. The molecule has 6 N–H and O–H groups in total. The summed E-state index contributed by atoms with van der Waals surface area (Å²) in [5, 5.41) is 5.45. The summed E-state index contributed by atoms with van der Waals surface area (Å²) in [5.41, 5.74) is 11.3. The Hall–Kier alpha value is -1.89. The maximum atomic E-state index is 12.2. The number of rotatable bonds is 8. The van der Waals surface area contributed by atoms with Gasteiger partial charge in [0.2, 0.25) is 17.7 Å². The molecule has 0 bridgehead atoms. The van der Waals surface area contributed by atoms with Crippen molar-refractivity contribution in [3.05, 3.63) is 11.6 Å². The first-order chi connectivity index (χ1) is 9.78. The lowest BCUT2D eigenvalue weighted by Crippen LogP contribution is -2.49. The van der Waals surface area contributed by atoms with E-state index < -0.39 is 11.9 Å². The molecule has 118 valence electrons. The summed E-state index contributed by atoms with van der Waals surface area (Å²) >= 11 is 0. The van der Waals surface area contributed by atoms with Gasteiger partial charge in [0.25, 0.3) is 0 Å². The quantitative estimate of drug-likeness (QED) is 0.442. The molecule has 1 aliphatic rings. The van der Waals surface area contributed by atoms with Crippen LogP contribution < -0.4 is 22.1 Å². The van der Waals surface area contributed by atoms with E-state index in [2.05, 4.69) is 10.6 Å². The molecule has 0 aliphatic heterocycles. The number of primary amides is 1. The summed E-state index contributed by atoms with van der Waals surface area (Å²) in [6.45, 7) is 3.82. The summed E-state index contributed by atoms with van der Waals surface area (Å²) in [6, 6.07) is -0.747. The number of amides is 3. The van der Waals surface area contributed by atoms with Crippen LogP contribution in [0.3, 0.4) is 0 Å². The molecule has 0 radical (unpaired) electrons. The predicted octanol–water partition coefficient (Wildman–Crippen LogP) is -0.690. The molecule has 1 aliphatic carbocycles. The number of nitrogens with two attached hydrogens (primary N) is 2. The second-order valence-corrected chi connectivity index (χ2v) is 5.56. The molecule has 1 fully saturated rings. The Bertz CT molecular complexity index is 461. The van der Waals surface area contributed by atoms with Crippen LogP contribution in [0, 0.1) is 0 Å². The molecular weight excluding hydrogens is 272 g/mol. The Balaban J connectivity index is 2.60. The molecule has 0 unspecified atom stereocenters. The second-order valence-electron chi connectivity index (χ2n) is 5.56. The van der Waals surface area contributed by atoms with E-state index in [1.165, 1.54) is 6.92 Å². The van der Waals surface area contributed by atoms with Gasteiger partial charge < -0.3 is 22.1 Å². The number of hydrogen-bond acceptors (Lipinski definition) is 4. The Kier molecular flexibility index (Phi) is 5.90. The number of nitrogens with one attached hydrogen (secondary N) is 2. The monoisotopic (exact) mass is 296 g/mol. The minimum Gasteiger partial charge on any atom is -0.370 e. The Labute approximate surface area is 124 Å². The van der Waals surface area contributed by atoms with Crippen molar-refractivity contribution in [1.82, 2.24) is 10.6 Å². The SMILES string of the molecule is CC(=O)N[C@@H](CCC(N)=O)C(=O)N[C@]1(C)C/C1=C\CCN. The Morgan fingerprint density at radius 1 is 1.43 bits per heavy atom. The molecule has 7 nitrogen and oxygen atoms in total. The molecule has 0 aromatic carbocycles. The fourth-order valence-electron chi connectivity index (χ4n) is 2.18. The standard InChI is InChI=1S/C14H24N4O3/c1-9(19)17-11(5-6-12(16)20)13(21)18-14(2)8-10(14)4-3-7-15/h4,11H,3,5-8,15H2,1-2H3,(H2,16,20)(H,17,19)(H,18,21)/b10-4+/t11-,14+/m0/s1. The van der Waals surface area contributed by atoms with E-state index in [-0.39, 0.29) is 30.2 Å². The van der Waals surface area contributed by atoms with Crippen LogP contribution in [0.15, 0.2) is 11.6 Å². The summed E-state index contributed by atoms with van der Waals surface area (Å²) in [5.74, 6) is -1.12. The van der Waals surface area contributed by atoms with Crippen LogP contribution in [0.25, 0.3) is 0 Å². The summed E-state index contributed by atoms with van der Waals surface area (Å²) in [6.07, 6.45) is 3.82. The maximum absolute atomic E-state index is 12.2. The van der Waals surface area contributed by atoms with Crippen molar-refractivity contribution >= 4 is 17.7 Å². The first-order valence-corrected chi connectivity index (χ1v) is 7.05. The predicted molar refractivity (Wildman–Crippen MR) is 79.0 cm³/mol. The zero-order valence-electron chi connectivity index (χ0n) is 12.6. The molecule has 1 saturated carbocycles. The first-order valence-electron chi connectivity index (χ1n) is 7.05. The van der Waals surface area contributed by atoms with E-state index in [1.54, 1.807) is 0 Å². The molecule has 0 aromatic heterocycles. The number of carbonyl (C=O) groups is 3. The van der Waals surface area contributed by atoms with Crippen molar-refractivity contribution in [1.29, 1.82) is 0 Å². The number of carbonyl (C=O) groups excluding carboxylic acids is 3. The van der Waals surface area contributed by atoms with Crippen molar-refractivity contribution in [3.63, 3.8) is 0 Å². The fourth-order valence-corrected chi connectivity index (χ4v) is 2.18. The van der Waals surface area contributed by atoms with Crippen LogP contribution in [0.1, 0.15) is 39.5 Å². The normalized spacial score (nSPS) is 23.5. The largest absolute Gasteiger partial charge is 0.370 e. The minimum absolute atomic E-state index is 0.0466. The van der Waals surface area contributed by atoms with Gasteiger partial charge in [-0.05, 0) is 38.3 Å². The highest BCUT2D eigenvalue weighted by molar-refractivity contribution is 5.88. The van der Waals surface area contributed by atoms with Crippen LogP contribution >= 0.6 is 0 Å². The average molecular weight is 296 g/mol. The first kappa shape index (κ1) is 17.2. The molecular formula is C14H24N4O3. The van der Waals surface area contributed by atoms with Crippen molar-refractivity contribution in [3.8, 4) is 0 Å². The van der Waals surface area contributed by atoms with Gasteiger partial charge in [0.1, 0.15) is 6.04 Å². The molecule has 1 rings (SSSR count). The van der Waals surface area contributed by atoms with E-state index in [9.17, 15) is 14.4 Å². The van der Waals surface area contributed by atoms with Crippen molar-refractivity contribution in [2.45, 2.75) is 51.1 Å². The molecule has 7 heteroatoms. The van der Waals surface area contributed by atoms with Crippen LogP contribution in [0.4, 0.5) is 0 Å². The third kappa shape index (κ3) is 5.55. The Morgan fingerprint density at radius 3 is 2.62 bits per heavy atom. The van der Waals surface area contributed by atoms with E-state index >= 15 is 0 Å². The average Bonchev–Trinajstić information content (AvgIpc) is 3.01. The highest BCUT2D eigenvalue weighted by Gasteiger charge is 2.45.